The van der Waals surface area contributed by atoms with Gasteiger partial charge in [0.05, 0.1) is 55.9 Å². The molecule has 3 saturated heterocycles. The third kappa shape index (κ3) is 3.48. The second-order valence-electron chi connectivity index (χ2n) is 7.32. The molecule has 0 spiro atoms. The largest absolute Gasteiger partial charge is 0.469 e. The number of fused-ring (bicyclic) bond motifs is 1. The van der Waals surface area contributed by atoms with Crippen LogP contribution in [-0.2, 0) is 38.1 Å². The fourth-order valence-corrected chi connectivity index (χ4v) is 4.77. The van der Waals surface area contributed by atoms with E-state index in [1.165, 1.54) is 7.11 Å². The van der Waals surface area contributed by atoms with Crippen molar-refractivity contribution in [1.82, 2.24) is 0 Å². The molecule has 3 aliphatic heterocycles. The zero-order valence-corrected chi connectivity index (χ0v) is 15.8. The van der Waals surface area contributed by atoms with Gasteiger partial charge in [-0.3, -0.25) is 14.4 Å². The summed E-state index contributed by atoms with van der Waals surface area (Å²) in [4.78, 5) is 35.3. The molecule has 3 heterocycles. The zero-order valence-electron chi connectivity index (χ0n) is 15.8. The summed E-state index contributed by atoms with van der Waals surface area (Å²) >= 11 is 0. The summed E-state index contributed by atoms with van der Waals surface area (Å²) in [6.07, 6.45) is -0.379. The van der Waals surface area contributed by atoms with Crippen LogP contribution < -0.4 is 0 Å². The van der Waals surface area contributed by atoms with Gasteiger partial charge in [-0.1, -0.05) is 13.5 Å². The summed E-state index contributed by atoms with van der Waals surface area (Å²) in [7, 11) is 1.32. The molecule has 3 rings (SSSR count). The van der Waals surface area contributed by atoms with Gasteiger partial charge in [-0.05, 0) is 13.3 Å². The minimum Gasteiger partial charge on any atom is -0.469 e. The Morgan fingerprint density at radius 3 is 2.59 bits per heavy atom. The van der Waals surface area contributed by atoms with Crippen molar-refractivity contribution in [3.05, 3.63) is 12.3 Å². The van der Waals surface area contributed by atoms with Crippen LogP contribution in [-0.4, -0.2) is 56.5 Å². The van der Waals surface area contributed by atoms with Gasteiger partial charge in [-0.2, -0.15) is 0 Å². The fourth-order valence-electron chi connectivity index (χ4n) is 4.77. The molecule has 0 aliphatic carbocycles. The van der Waals surface area contributed by atoms with Crippen LogP contribution in [0.5, 0.6) is 0 Å². The fraction of sp³-hybridized carbons (Fsp3) is 0.737. The maximum atomic E-state index is 12.4. The normalized spacial score (nSPS) is 40.6. The van der Waals surface area contributed by atoms with E-state index >= 15 is 0 Å². The molecule has 0 amide bonds. The highest BCUT2D eigenvalue weighted by Gasteiger charge is 2.57. The first-order chi connectivity index (χ1) is 12.9. The molecule has 3 fully saturated rings. The lowest BCUT2D eigenvalue weighted by molar-refractivity contribution is -0.151. The number of rotatable bonds is 7. The van der Waals surface area contributed by atoms with E-state index in [4.69, 9.17) is 23.7 Å². The highest BCUT2D eigenvalue weighted by Crippen LogP contribution is 2.47. The van der Waals surface area contributed by atoms with Gasteiger partial charge in [0.25, 0.3) is 6.47 Å². The molecule has 8 heteroatoms. The van der Waals surface area contributed by atoms with Crippen molar-refractivity contribution in [2.45, 2.75) is 51.1 Å². The summed E-state index contributed by atoms with van der Waals surface area (Å²) < 4.78 is 27.2. The number of ether oxygens (including phenoxy) is 5. The van der Waals surface area contributed by atoms with Gasteiger partial charge in [0.15, 0.2) is 0 Å². The van der Waals surface area contributed by atoms with Crippen LogP contribution in [0.1, 0.15) is 26.7 Å². The van der Waals surface area contributed by atoms with E-state index in [2.05, 4.69) is 6.58 Å². The minimum atomic E-state index is -0.599. The van der Waals surface area contributed by atoms with E-state index in [0.717, 1.165) is 0 Å². The molecule has 0 saturated carbocycles. The summed E-state index contributed by atoms with van der Waals surface area (Å²) in [5.74, 6) is -1.87. The average Bonchev–Trinajstić information content (AvgIpc) is 3.26. The van der Waals surface area contributed by atoms with Crippen LogP contribution in [0.3, 0.4) is 0 Å². The van der Waals surface area contributed by atoms with Gasteiger partial charge in [-0.15, -0.1) is 0 Å². The van der Waals surface area contributed by atoms with Crippen LogP contribution in [0.25, 0.3) is 0 Å². The van der Waals surface area contributed by atoms with Crippen molar-refractivity contribution in [3.63, 3.8) is 0 Å². The van der Waals surface area contributed by atoms with Crippen LogP contribution in [0.2, 0.25) is 0 Å². The number of carbonyl (C=O) groups excluding carboxylic acids is 3. The topological polar surface area (TPSA) is 97.4 Å². The van der Waals surface area contributed by atoms with Crippen molar-refractivity contribution in [3.8, 4) is 0 Å². The average molecular weight is 382 g/mol. The lowest BCUT2D eigenvalue weighted by Gasteiger charge is -2.24. The molecular weight excluding hydrogens is 356 g/mol. The molecule has 8 atom stereocenters. The highest BCUT2D eigenvalue weighted by atomic mass is 16.6. The van der Waals surface area contributed by atoms with E-state index < -0.39 is 30.0 Å². The van der Waals surface area contributed by atoms with Crippen molar-refractivity contribution >= 4 is 18.4 Å². The molecular formula is C19H26O8. The number of hydrogen-bond acceptors (Lipinski definition) is 8. The minimum absolute atomic E-state index is 0.0745. The summed E-state index contributed by atoms with van der Waals surface area (Å²) in [6, 6.07) is 0. The maximum absolute atomic E-state index is 12.4. The standard InChI is InChI=1S/C19H26O8/c1-5-12-11(7-24-8-20)16(18(21)23-4)13(27-12)6-14-17-15(9(2)25-14)10(3)26-19(17)22/h8-9,11-17H,3,5-7H2,1-2,4H3. The van der Waals surface area contributed by atoms with E-state index in [-0.39, 0.29) is 36.6 Å². The van der Waals surface area contributed by atoms with Crippen molar-refractivity contribution in [1.29, 1.82) is 0 Å². The Hall–Kier alpha value is -1.93. The van der Waals surface area contributed by atoms with Crippen LogP contribution in [0, 0.1) is 23.7 Å². The molecule has 0 aromatic rings. The molecule has 150 valence electrons. The number of hydrogen-bond donors (Lipinski definition) is 0. The molecule has 8 unspecified atom stereocenters. The number of carbonyl (C=O) groups is 3. The summed E-state index contributed by atoms with van der Waals surface area (Å²) in [6.45, 7) is 8.07. The van der Waals surface area contributed by atoms with Crippen LogP contribution in [0.4, 0.5) is 0 Å². The second kappa shape index (κ2) is 7.98. The van der Waals surface area contributed by atoms with Crippen molar-refractivity contribution in [2.75, 3.05) is 13.7 Å². The second-order valence-corrected chi connectivity index (χ2v) is 7.32. The molecule has 0 aromatic carbocycles. The SMILES string of the molecule is C=C1OC(=O)C2C(CC3OC(CC)C(COC=O)C3C(=O)OC)OC(C)C12. The van der Waals surface area contributed by atoms with E-state index in [1.54, 1.807) is 0 Å². The third-order valence-corrected chi connectivity index (χ3v) is 5.94. The van der Waals surface area contributed by atoms with Crippen molar-refractivity contribution < 1.29 is 38.1 Å². The summed E-state index contributed by atoms with van der Waals surface area (Å²) in [5, 5.41) is 0. The van der Waals surface area contributed by atoms with Crippen LogP contribution in [0.15, 0.2) is 12.3 Å². The van der Waals surface area contributed by atoms with Crippen LogP contribution >= 0.6 is 0 Å². The Balaban J connectivity index is 1.80. The van der Waals surface area contributed by atoms with Gasteiger partial charge >= 0.3 is 11.9 Å². The van der Waals surface area contributed by atoms with Gasteiger partial charge < -0.3 is 23.7 Å². The molecule has 0 aromatic heterocycles. The lowest BCUT2D eigenvalue weighted by atomic mass is 9.82. The predicted molar refractivity (Wildman–Crippen MR) is 91.1 cm³/mol. The Morgan fingerprint density at radius 1 is 1.22 bits per heavy atom. The smallest absolute Gasteiger partial charge is 0.317 e. The Morgan fingerprint density at radius 2 is 1.96 bits per heavy atom. The van der Waals surface area contributed by atoms with Gasteiger partial charge in [0, 0.05) is 12.3 Å². The van der Waals surface area contributed by atoms with E-state index in [1.807, 2.05) is 13.8 Å². The lowest BCUT2D eigenvalue weighted by Crippen LogP contribution is -2.36. The van der Waals surface area contributed by atoms with Gasteiger partial charge in [-0.25, -0.2) is 0 Å². The molecule has 0 N–H and O–H groups in total. The number of esters is 2. The Kier molecular flexibility index (Phi) is 5.86. The molecule has 0 radical (unpaired) electrons. The molecule has 27 heavy (non-hydrogen) atoms. The third-order valence-electron chi connectivity index (χ3n) is 5.94. The number of cyclic esters (lactones) is 1. The monoisotopic (exact) mass is 382 g/mol. The first-order valence-electron chi connectivity index (χ1n) is 9.27. The summed E-state index contributed by atoms with van der Waals surface area (Å²) in [5.41, 5.74) is 0. The van der Waals surface area contributed by atoms with E-state index in [0.29, 0.717) is 25.1 Å². The highest BCUT2D eigenvalue weighted by molar-refractivity contribution is 5.78. The zero-order chi connectivity index (χ0) is 19.7. The Bertz CT molecular complexity index is 617. The number of methoxy groups -OCH3 is 1. The maximum Gasteiger partial charge on any atom is 0.317 e. The molecule has 0 bridgehead atoms. The first-order valence-corrected chi connectivity index (χ1v) is 9.27. The Labute approximate surface area is 158 Å². The van der Waals surface area contributed by atoms with E-state index in [9.17, 15) is 14.4 Å². The van der Waals surface area contributed by atoms with Gasteiger partial charge in [0.1, 0.15) is 5.76 Å². The predicted octanol–water partition coefficient (Wildman–Crippen LogP) is 1.22. The quantitative estimate of drug-likeness (QED) is 0.368. The molecule has 8 nitrogen and oxygen atoms in total. The van der Waals surface area contributed by atoms with Gasteiger partial charge in [0.2, 0.25) is 0 Å². The molecule has 3 aliphatic rings. The van der Waals surface area contributed by atoms with Crippen molar-refractivity contribution in [2.24, 2.45) is 23.7 Å². The first kappa shape index (κ1) is 19.8.